The van der Waals surface area contributed by atoms with Gasteiger partial charge in [0.2, 0.25) is 0 Å². The number of aliphatic hydroxyl groups excluding tert-OH is 1. The molecule has 5 atom stereocenters. The van der Waals surface area contributed by atoms with Crippen LogP contribution in [0.3, 0.4) is 0 Å². The monoisotopic (exact) mass is 469 g/mol. The fourth-order valence-electron chi connectivity index (χ4n) is 4.61. The Labute approximate surface area is 201 Å². The van der Waals surface area contributed by atoms with E-state index in [0.29, 0.717) is 13.2 Å². The van der Waals surface area contributed by atoms with Crippen molar-refractivity contribution >= 4 is 5.97 Å². The highest BCUT2D eigenvalue weighted by molar-refractivity contribution is 5.79. The minimum absolute atomic E-state index is 0.112. The van der Waals surface area contributed by atoms with Crippen LogP contribution in [-0.2, 0) is 9.53 Å². The van der Waals surface area contributed by atoms with Crippen molar-refractivity contribution < 1.29 is 29.2 Å². The maximum Gasteiger partial charge on any atom is 0.311 e. The Morgan fingerprint density at radius 2 is 1.94 bits per heavy atom. The Morgan fingerprint density at radius 1 is 1.21 bits per heavy atom. The van der Waals surface area contributed by atoms with Crippen molar-refractivity contribution in [1.82, 2.24) is 5.32 Å². The predicted molar refractivity (Wildman–Crippen MR) is 128 cm³/mol. The van der Waals surface area contributed by atoms with Gasteiger partial charge in [0.25, 0.3) is 0 Å². The number of carbonyl (C=O) groups is 1. The number of carboxylic acid groups (broad SMARTS) is 1. The van der Waals surface area contributed by atoms with Crippen molar-refractivity contribution in [2.45, 2.75) is 63.9 Å². The average molecular weight is 470 g/mol. The Kier molecular flexibility index (Phi) is 7.17. The van der Waals surface area contributed by atoms with E-state index >= 15 is 0 Å². The largest absolute Gasteiger partial charge is 0.494 e. The molecule has 0 unspecified atom stereocenters. The fourth-order valence-corrected chi connectivity index (χ4v) is 4.61. The van der Waals surface area contributed by atoms with Crippen molar-refractivity contribution in [2.24, 2.45) is 5.92 Å². The van der Waals surface area contributed by atoms with Crippen LogP contribution in [0.4, 0.5) is 0 Å². The van der Waals surface area contributed by atoms with Crippen LogP contribution in [0.15, 0.2) is 42.5 Å². The van der Waals surface area contributed by atoms with Crippen molar-refractivity contribution in [3.05, 3.63) is 59.2 Å². The van der Waals surface area contributed by atoms with E-state index in [9.17, 15) is 15.0 Å². The van der Waals surface area contributed by atoms with Gasteiger partial charge in [-0.1, -0.05) is 30.3 Å². The number of hydrogen-bond donors (Lipinski definition) is 3. The van der Waals surface area contributed by atoms with Gasteiger partial charge in [-0.3, -0.25) is 4.79 Å². The molecule has 1 heterocycles. The third kappa shape index (κ3) is 5.37. The molecule has 2 aromatic rings. The number of aryl methyl sites for hydroxylation is 1. The third-order valence-electron chi connectivity index (χ3n) is 6.78. The molecule has 7 nitrogen and oxygen atoms in total. The van der Waals surface area contributed by atoms with Crippen LogP contribution in [0.25, 0.3) is 0 Å². The molecule has 0 bridgehead atoms. The van der Waals surface area contributed by atoms with E-state index in [1.165, 1.54) is 0 Å². The molecule has 0 saturated heterocycles. The molecule has 2 aliphatic rings. The van der Waals surface area contributed by atoms with Crippen molar-refractivity contribution in [3.8, 4) is 11.5 Å². The van der Waals surface area contributed by atoms with E-state index in [4.69, 9.17) is 14.2 Å². The molecule has 2 aromatic carbocycles. The maximum absolute atomic E-state index is 11.5. The van der Waals surface area contributed by atoms with Gasteiger partial charge in [-0.2, -0.15) is 0 Å². The lowest BCUT2D eigenvalue weighted by Gasteiger charge is -2.28. The van der Waals surface area contributed by atoms with Crippen LogP contribution >= 0.6 is 0 Å². The molecule has 1 aliphatic carbocycles. The Hall–Kier alpha value is -2.61. The zero-order valence-electron chi connectivity index (χ0n) is 20.3. The number of fused-ring (bicyclic) bond motifs is 3. The predicted octanol–water partition coefficient (Wildman–Crippen LogP) is 3.83. The Balaban J connectivity index is 1.25. The van der Waals surface area contributed by atoms with Crippen LogP contribution in [0.5, 0.6) is 11.5 Å². The average Bonchev–Trinajstić information content (AvgIpc) is 3.39. The second-order valence-corrected chi connectivity index (χ2v) is 9.99. The summed E-state index contributed by atoms with van der Waals surface area (Å²) >= 11 is 0. The maximum atomic E-state index is 11.5. The SMILES string of the molecule is Cc1ccc([C@@H](C)OC[C@H](O)CNC(C)(C)CCOc2ccccc2)c2c1O[C@@H]1[C@@H](C(=O)O)[C@H]21. The van der Waals surface area contributed by atoms with Gasteiger partial charge >= 0.3 is 5.97 Å². The summed E-state index contributed by atoms with van der Waals surface area (Å²) in [5.74, 6) is 0.227. The molecule has 3 N–H and O–H groups in total. The first kappa shape index (κ1) is 24.5. The highest BCUT2D eigenvalue weighted by Crippen LogP contribution is 2.61. The first-order valence-corrected chi connectivity index (χ1v) is 11.9. The number of para-hydroxylation sites is 1. The van der Waals surface area contributed by atoms with Crippen LogP contribution in [0, 0.1) is 12.8 Å². The number of nitrogens with one attached hydrogen (secondary N) is 1. The first-order chi connectivity index (χ1) is 16.2. The van der Waals surface area contributed by atoms with Crippen molar-refractivity contribution in [3.63, 3.8) is 0 Å². The summed E-state index contributed by atoms with van der Waals surface area (Å²) in [7, 11) is 0. The van der Waals surface area contributed by atoms with E-state index in [0.717, 1.165) is 34.6 Å². The number of benzene rings is 2. The molecule has 184 valence electrons. The van der Waals surface area contributed by atoms with E-state index in [-0.39, 0.29) is 30.3 Å². The highest BCUT2D eigenvalue weighted by atomic mass is 16.5. The lowest BCUT2D eigenvalue weighted by molar-refractivity contribution is -0.139. The molecular formula is C27H35NO6. The van der Waals surface area contributed by atoms with Crippen molar-refractivity contribution in [1.29, 1.82) is 0 Å². The summed E-state index contributed by atoms with van der Waals surface area (Å²) < 4.78 is 17.7. The first-order valence-electron chi connectivity index (χ1n) is 11.9. The zero-order chi connectivity index (χ0) is 24.5. The summed E-state index contributed by atoms with van der Waals surface area (Å²) in [6.07, 6.45) is -0.447. The smallest absolute Gasteiger partial charge is 0.311 e. The van der Waals surface area contributed by atoms with Gasteiger partial charge in [0.15, 0.2) is 0 Å². The summed E-state index contributed by atoms with van der Waals surface area (Å²) in [5, 5.41) is 23.3. The van der Waals surface area contributed by atoms with E-state index in [1.54, 1.807) is 0 Å². The van der Waals surface area contributed by atoms with Gasteiger partial charge in [0.1, 0.15) is 23.5 Å². The van der Waals surface area contributed by atoms with Crippen LogP contribution < -0.4 is 14.8 Å². The van der Waals surface area contributed by atoms with Crippen LogP contribution in [0.2, 0.25) is 0 Å². The second kappa shape index (κ2) is 9.94. The molecule has 34 heavy (non-hydrogen) atoms. The number of hydrogen-bond acceptors (Lipinski definition) is 6. The van der Waals surface area contributed by atoms with Gasteiger partial charge in [-0.15, -0.1) is 0 Å². The number of carboxylic acids is 1. The normalized spacial score (nSPS) is 22.3. The quantitative estimate of drug-likeness (QED) is 0.435. The molecule has 4 rings (SSSR count). The molecule has 0 amide bonds. The number of ether oxygens (including phenoxy) is 3. The van der Waals surface area contributed by atoms with Crippen LogP contribution in [0.1, 0.15) is 55.9 Å². The molecular weight excluding hydrogens is 434 g/mol. The minimum atomic E-state index is -0.819. The van der Waals surface area contributed by atoms with E-state index in [2.05, 4.69) is 19.2 Å². The third-order valence-corrected chi connectivity index (χ3v) is 6.78. The Bertz CT molecular complexity index is 1010. The Morgan fingerprint density at radius 3 is 2.65 bits per heavy atom. The highest BCUT2D eigenvalue weighted by Gasteiger charge is 2.64. The van der Waals surface area contributed by atoms with E-state index in [1.807, 2.05) is 56.3 Å². The molecule has 1 fully saturated rings. The van der Waals surface area contributed by atoms with Gasteiger partial charge < -0.3 is 29.7 Å². The van der Waals surface area contributed by atoms with E-state index < -0.39 is 18.0 Å². The summed E-state index contributed by atoms with van der Waals surface area (Å²) in [6.45, 7) is 9.21. The standard InChI is InChI=1S/C27H35NO6/c1-16-10-11-20(21-22-23(26(30)31)25(22)34-24(16)21)17(2)33-15-18(29)14-28-27(3,4)12-13-32-19-8-6-5-7-9-19/h5-11,17-18,22-23,25,28-29H,12-15H2,1-4H3,(H,30,31)/t17-,18-,22+,23+,25+/m1/s1. The lowest BCUT2D eigenvalue weighted by atomic mass is 9.95. The minimum Gasteiger partial charge on any atom is -0.494 e. The summed E-state index contributed by atoms with van der Waals surface area (Å²) in [5.41, 5.74) is 2.70. The van der Waals surface area contributed by atoms with Gasteiger partial charge in [-0.05, 0) is 57.4 Å². The summed E-state index contributed by atoms with van der Waals surface area (Å²) in [4.78, 5) is 11.5. The van der Waals surface area contributed by atoms with Gasteiger partial charge in [-0.25, -0.2) is 0 Å². The number of aliphatic carboxylic acids is 1. The molecule has 0 aromatic heterocycles. The van der Waals surface area contributed by atoms with Gasteiger partial charge in [0.05, 0.1) is 25.4 Å². The second-order valence-electron chi connectivity index (χ2n) is 9.99. The zero-order valence-corrected chi connectivity index (χ0v) is 20.3. The summed E-state index contributed by atoms with van der Waals surface area (Å²) in [6, 6.07) is 13.7. The topological polar surface area (TPSA) is 97.3 Å². The number of aliphatic hydroxyl groups is 1. The lowest BCUT2D eigenvalue weighted by Crippen LogP contribution is -2.45. The number of β-amino-alcohol motifs (C(OH)–C–C–N with tert-alkyl or cyclic N) is 1. The van der Waals surface area contributed by atoms with Crippen molar-refractivity contribution in [2.75, 3.05) is 19.8 Å². The number of rotatable bonds is 12. The molecule has 0 radical (unpaired) electrons. The van der Waals surface area contributed by atoms with Crippen LogP contribution in [-0.4, -0.2) is 53.7 Å². The van der Waals surface area contributed by atoms with Gasteiger partial charge in [0, 0.05) is 23.6 Å². The molecule has 1 saturated carbocycles. The fraction of sp³-hybridized carbons (Fsp3) is 0.519. The molecule has 0 spiro atoms. The molecule has 7 heteroatoms. The molecule has 1 aliphatic heterocycles.